The molecule has 14 heteroatoms. The van der Waals surface area contributed by atoms with Crippen LogP contribution in [0.15, 0.2) is 40.2 Å². The first-order valence-electron chi connectivity index (χ1n) is 13.6. The van der Waals surface area contributed by atoms with Crippen molar-refractivity contribution in [2.24, 2.45) is 5.92 Å². The molecule has 0 aliphatic heterocycles. The fraction of sp³-hybridized carbons (Fsp3) is 0.448. The van der Waals surface area contributed by atoms with E-state index in [1.54, 1.807) is 27.7 Å². The van der Waals surface area contributed by atoms with Crippen LogP contribution in [0.2, 0.25) is 0 Å². The molecule has 0 aliphatic carbocycles. The number of aryl methyl sites for hydroxylation is 1. The lowest BCUT2D eigenvalue weighted by molar-refractivity contribution is -0.129. The molecule has 0 spiro atoms. The number of hydrogen-bond acceptors (Lipinski definition) is 9. The third kappa shape index (κ3) is 6.09. The number of thiophene rings is 1. The van der Waals surface area contributed by atoms with Gasteiger partial charge in [0.25, 0.3) is 5.56 Å². The summed E-state index contributed by atoms with van der Waals surface area (Å²) in [5.74, 6) is -1.26. The average Bonchev–Trinajstić information content (AvgIpc) is 3.60. The summed E-state index contributed by atoms with van der Waals surface area (Å²) in [5.41, 5.74) is -2.17. The van der Waals surface area contributed by atoms with E-state index in [2.05, 4.69) is 21.6 Å². The Bertz CT molecular complexity index is 1800. The SMILES string of the molecule is COc1ccc(F)cc1C(Cn1c(=O)n(C(C)(C)C(=O)NC(C)C)c(=O)c2c(C)c(-n3nccn3)sc21)OCC(C)C#N. The van der Waals surface area contributed by atoms with Crippen molar-refractivity contribution in [3.05, 3.63) is 68.4 Å². The van der Waals surface area contributed by atoms with Crippen LogP contribution in [0.25, 0.3) is 15.2 Å². The molecule has 3 heterocycles. The van der Waals surface area contributed by atoms with Crippen molar-refractivity contribution < 1.29 is 18.7 Å². The molecule has 0 bridgehead atoms. The molecule has 0 aliphatic rings. The molecule has 4 rings (SSSR count). The number of aromatic nitrogens is 5. The molecule has 12 nitrogen and oxygen atoms in total. The molecule has 4 aromatic rings. The zero-order chi connectivity index (χ0) is 31.6. The van der Waals surface area contributed by atoms with Crippen molar-refractivity contribution in [1.82, 2.24) is 29.4 Å². The Morgan fingerprint density at radius 3 is 2.49 bits per heavy atom. The third-order valence-corrected chi connectivity index (χ3v) is 8.26. The van der Waals surface area contributed by atoms with E-state index >= 15 is 0 Å². The molecule has 1 amide bonds. The van der Waals surface area contributed by atoms with Crippen LogP contribution in [0.3, 0.4) is 0 Å². The van der Waals surface area contributed by atoms with Crippen LogP contribution in [-0.2, 0) is 21.6 Å². The van der Waals surface area contributed by atoms with Gasteiger partial charge in [-0.3, -0.25) is 14.2 Å². The summed E-state index contributed by atoms with van der Waals surface area (Å²) < 4.78 is 28.4. The molecule has 0 saturated heterocycles. The normalized spacial score (nSPS) is 13.2. The monoisotopic (exact) mass is 611 g/mol. The third-order valence-electron chi connectivity index (χ3n) is 6.98. The van der Waals surface area contributed by atoms with Gasteiger partial charge in [-0.2, -0.15) is 15.5 Å². The predicted octanol–water partition coefficient (Wildman–Crippen LogP) is 3.44. The standard InChI is InChI=1S/C29H34FN7O5S/c1-16(2)34-27(39)29(5,6)36-24(38)23-18(4)25(37-32-10-11-33-37)43-26(23)35(28(36)40)14-22(42-15-17(3)13-31)20-12-19(30)8-9-21(20)41-7/h8-12,16-17,22H,14-15H2,1-7H3,(H,34,39). The van der Waals surface area contributed by atoms with Crippen molar-refractivity contribution in [2.45, 2.75) is 65.8 Å². The van der Waals surface area contributed by atoms with E-state index < -0.39 is 40.5 Å². The molecule has 3 aromatic heterocycles. The fourth-order valence-electron chi connectivity index (χ4n) is 4.70. The topological polar surface area (TPSA) is 146 Å². The van der Waals surface area contributed by atoms with E-state index in [0.717, 1.165) is 15.9 Å². The minimum atomic E-state index is -1.59. The Kier molecular flexibility index (Phi) is 9.17. The first kappa shape index (κ1) is 31.6. The second-order valence-electron chi connectivity index (χ2n) is 11.0. The van der Waals surface area contributed by atoms with E-state index in [0.29, 0.717) is 26.7 Å². The molecule has 43 heavy (non-hydrogen) atoms. The second-order valence-corrected chi connectivity index (χ2v) is 12.0. The number of methoxy groups -OCH3 is 1. The van der Waals surface area contributed by atoms with Crippen LogP contribution < -0.4 is 21.3 Å². The summed E-state index contributed by atoms with van der Waals surface area (Å²) in [6, 6.07) is 5.80. The van der Waals surface area contributed by atoms with Crippen molar-refractivity contribution in [1.29, 1.82) is 5.26 Å². The van der Waals surface area contributed by atoms with Crippen LogP contribution in [0.1, 0.15) is 51.8 Å². The van der Waals surface area contributed by atoms with Gasteiger partial charge in [0.2, 0.25) is 5.91 Å². The highest BCUT2D eigenvalue weighted by Crippen LogP contribution is 2.34. The highest BCUT2D eigenvalue weighted by atomic mass is 32.1. The number of halogens is 1. The molecule has 0 radical (unpaired) electrons. The Morgan fingerprint density at radius 1 is 1.21 bits per heavy atom. The van der Waals surface area contributed by atoms with Crippen molar-refractivity contribution in [3.8, 4) is 16.8 Å². The number of nitrogens with one attached hydrogen (secondary N) is 1. The minimum absolute atomic E-state index is 0.0213. The van der Waals surface area contributed by atoms with Gasteiger partial charge in [-0.1, -0.05) is 11.3 Å². The number of ether oxygens (including phenoxy) is 2. The first-order valence-corrected chi connectivity index (χ1v) is 14.4. The quantitative estimate of drug-likeness (QED) is 0.271. The number of carbonyl (C=O) groups is 1. The van der Waals surface area contributed by atoms with E-state index in [-0.39, 0.29) is 24.6 Å². The lowest BCUT2D eigenvalue weighted by Gasteiger charge is -2.28. The number of nitriles is 1. The van der Waals surface area contributed by atoms with Crippen molar-refractivity contribution in [3.63, 3.8) is 0 Å². The molecular weight excluding hydrogens is 577 g/mol. The van der Waals surface area contributed by atoms with Gasteiger partial charge >= 0.3 is 5.69 Å². The molecule has 1 aromatic carbocycles. The lowest BCUT2D eigenvalue weighted by Crippen LogP contribution is -2.56. The average molecular weight is 612 g/mol. The number of carbonyl (C=O) groups excluding carboxylic acids is 1. The lowest BCUT2D eigenvalue weighted by atomic mass is 10.0. The first-order chi connectivity index (χ1) is 20.3. The van der Waals surface area contributed by atoms with Gasteiger partial charge in [-0.25, -0.2) is 13.8 Å². The van der Waals surface area contributed by atoms with Gasteiger partial charge in [-0.15, -0.1) is 4.80 Å². The van der Waals surface area contributed by atoms with Gasteiger partial charge in [0.1, 0.15) is 33.0 Å². The molecular formula is C29H34FN7O5S. The molecule has 228 valence electrons. The molecule has 2 atom stereocenters. The van der Waals surface area contributed by atoms with Gasteiger partial charge in [0, 0.05) is 17.2 Å². The Labute approximate surface area is 251 Å². The maximum atomic E-state index is 14.5. The van der Waals surface area contributed by atoms with E-state index in [1.165, 1.54) is 60.9 Å². The number of benzene rings is 1. The van der Waals surface area contributed by atoms with Crippen LogP contribution in [0.5, 0.6) is 5.75 Å². The van der Waals surface area contributed by atoms with Crippen molar-refractivity contribution in [2.75, 3.05) is 13.7 Å². The van der Waals surface area contributed by atoms with E-state index in [1.807, 2.05) is 0 Å². The number of fused-ring (bicyclic) bond motifs is 1. The smallest absolute Gasteiger partial charge is 0.333 e. The molecule has 0 fully saturated rings. The van der Waals surface area contributed by atoms with Gasteiger partial charge in [0.15, 0.2) is 0 Å². The van der Waals surface area contributed by atoms with Crippen LogP contribution in [-0.4, -0.2) is 49.8 Å². The summed E-state index contributed by atoms with van der Waals surface area (Å²) in [5, 5.41) is 21.3. The van der Waals surface area contributed by atoms with Gasteiger partial charge < -0.3 is 14.8 Å². The predicted molar refractivity (Wildman–Crippen MR) is 159 cm³/mol. The van der Waals surface area contributed by atoms with Crippen LogP contribution in [0.4, 0.5) is 4.39 Å². The largest absolute Gasteiger partial charge is 0.496 e. The van der Waals surface area contributed by atoms with E-state index in [9.17, 15) is 24.0 Å². The molecule has 0 saturated carbocycles. The summed E-state index contributed by atoms with van der Waals surface area (Å²) in [4.78, 5) is 43.4. The molecule has 2 unspecified atom stereocenters. The summed E-state index contributed by atoms with van der Waals surface area (Å²) in [6.45, 7) is 9.74. The second kappa shape index (κ2) is 12.5. The summed E-state index contributed by atoms with van der Waals surface area (Å²) >= 11 is 1.13. The maximum Gasteiger partial charge on any atom is 0.333 e. The fourth-order valence-corrected chi connectivity index (χ4v) is 5.92. The van der Waals surface area contributed by atoms with Crippen LogP contribution >= 0.6 is 11.3 Å². The van der Waals surface area contributed by atoms with E-state index in [4.69, 9.17) is 9.47 Å². The summed E-state index contributed by atoms with van der Waals surface area (Å²) in [6.07, 6.45) is 2.00. The minimum Gasteiger partial charge on any atom is -0.496 e. The van der Waals surface area contributed by atoms with Crippen molar-refractivity contribution >= 4 is 27.5 Å². The number of rotatable bonds is 11. The Morgan fingerprint density at radius 2 is 1.88 bits per heavy atom. The highest BCUT2D eigenvalue weighted by Gasteiger charge is 2.36. The number of hydrogen-bond donors (Lipinski definition) is 1. The highest BCUT2D eigenvalue weighted by molar-refractivity contribution is 7.21. The molecule has 1 N–H and O–H groups in total. The van der Waals surface area contributed by atoms with Crippen LogP contribution in [0, 0.1) is 30.0 Å². The maximum absolute atomic E-state index is 14.5. The number of amides is 1. The number of nitrogens with zero attached hydrogens (tertiary/aromatic N) is 6. The van der Waals surface area contributed by atoms with Gasteiger partial charge in [-0.05, 0) is 59.7 Å². The summed E-state index contributed by atoms with van der Waals surface area (Å²) in [7, 11) is 1.43. The Hall–Kier alpha value is -4.35. The zero-order valence-corrected chi connectivity index (χ0v) is 25.9. The Balaban J connectivity index is 2.03. The van der Waals surface area contributed by atoms with Gasteiger partial charge in [0.05, 0.1) is 50.0 Å². The zero-order valence-electron chi connectivity index (χ0n) is 25.0.